The molecule has 138 valence electrons. The minimum absolute atomic E-state index is 0.0553. The average Bonchev–Trinajstić information content (AvgIpc) is 3.25. The van der Waals surface area contributed by atoms with E-state index in [1.165, 1.54) is 16.8 Å². The van der Waals surface area contributed by atoms with E-state index >= 15 is 0 Å². The first-order valence-corrected chi connectivity index (χ1v) is 9.19. The molecule has 0 spiro atoms. The number of hydrogen-bond acceptors (Lipinski definition) is 4. The molecular formula is C19H31N5O. The van der Waals surface area contributed by atoms with Crippen molar-refractivity contribution in [2.45, 2.75) is 58.5 Å². The van der Waals surface area contributed by atoms with Crippen LogP contribution in [-0.2, 0) is 12.0 Å². The normalized spacial score (nSPS) is 22.2. The monoisotopic (exact) mass is 345 g/mol. The molecule has 2 aromatic heterocycles. The number of nitrogens with zero attached hydrogens (tertiary/aromatic N) is 4. The number of likely N-dealkylation sites (tertiary alicyclic amines) is 1. The molecule has 1 aliphatic heterocycles. The van der Waals surface area contributed by atoms with Gasteiger partial charge in [-0.1, -0.05) is 20.8 Å². The maximum absolute atomic E-state index is 9.87. The zero-order valence-corrected chi connectivity index (χ0v) is 16.0. The molecule has 2 atom stereocenters. The third kappa shape index (κ3) is 3.80. The lowest BCUT2D eigenvalue weighted by molar-refractivity contribution is 0.213. The van der Waals surface area contributed by atoms with Crippen LogP contribution >= 0.6 is 0 Å². The number of aromatic amines is 1. The first-order chi connectivity index (χ1) is 11.8. The molecule has 0 saturated carbocycles. The smallest absolute Gasteiger partial charge is 0.0535 e. The summed E-state index contributed by atoms with van der Waals surface area (Å²) in [6.07, 6.45) is 6.05. The van der Waals surface area contributed by atoms with Crippen LogP contribution in [0.2, 0.25) is 0 Å². The predicted molar refractivity (Wildman–Crippen MR) is 98.5 cm³/mol. The number of nitrogens with one attached hydrogen (secondary N) is 1. The van der Waals surface area contributed by atoms with Crippen molar-refractivity contribution in [2.75, 3.05) is 19.7 Å². The van der Waals surface area contributed by atoms with Crippen LogP contribution in [0.5, 0.6) is 0 Å². The molecular weight excluding hydrogens is 314 g/mol. The van der Waals surface area contributed by atoms with Gasteiger partial charge in [0.25, 0.3) is 0 Å². The fraction of sp³-hybridized carbons (Fsp3) is 0.684. The van der Waals surface area contributed by atoms with Crippen LogP contribution in [0.4, 0.5) is 0 Å². The van der Waals surface area contributed by atoms with Crippen molar-refractivity contribution < 1.29 is 5.11 Å². The van der Waals surface area contributed by atoms with Gasteiger partial charge in [-0.05, 0) is 19.4 Å². The lowest BCUT2D eigenvalue weighted by Gasteiger charge is -2.21. The Bertz CT molecular complexity index is 697. The molecule has 6 heteroatoms. The average molecular weight is 345 g/mol. The number of aliphatic hydroxyl groups excluding tert-OH is 1. The molecule has 0 aromatic carbocycles. The lowest BCUT2D eigenvalue weighted by Crippen LogP contribution is -2.23. The Kier molecular flexibility index (Phi) is 5.02. The highest BCUT2D eigenvalue weighted by Crippen LogP contribution is 2.34. The summed E-state index contributed by atoms with van der Waals surface area (Å²) in [4.78, 5) is 2.43. The second-order valence-electron chi connectivity index (χ2n) is 8.61. The van der Waals surface area contributed by atoms with Gasteiger partial charge in [-0.2, -0.15) is 10.2 Å². The van der Waals surface area contributed by atoms with E-state index in [-0.39, 0.29) is 17.9 Å². The highest BCUT2D eigenvalue weighted by molar-refractivity contribution is 5.24. The van der Waals surface area contributed by atoms with Crippen molar-refractivity contribution in [3.63, 3.8) is 0 Å². The van der Waals surface area contributed by atoms with Gasteiger partial charge >= 0.3 is 0 Å². The van der Waals surface area contributed by atoms with E-state index in [9.17, 15) is 5.11 Å². The quantitative estimate of drug-likeness (QED) is 0.874. The SMILES string of the molecule is CC(C)n1cc([C@@H]2CN(Cc3cn[nH]c3C(C)(C)C)C[C@H]2CO)cn1. The van der Waals surface area contributed by atoms with Crippen LogP contribution in [0.1, 0.15) is 63.4 Å². The maximum atomic E-state index is 9.87. The van der Waals surface area contributed by atoms with Crippen LogP contribution in [0.3, 0.4) is 0 Å². The summed E-state index contributed by atoms with van der Waals surface area (Å²) in [6.45, 7) is 13.8. The van der Waals surface area contributed by atoms with E-state index in [0.717, 1.165) is 19.6 Å². The zero-order chi connectivity index (χ0) is 18.2. The highest BCUT2D eigenvalue weighted by atomic mass is 16.3. The fourth-order valence-corrected chi connectivity index (χ4v) is 3.80. The molecule has 0 unspecified atom stereocenters. The fourth-order valence-electron chi connectivity index (χ4n) is 3.80. The van der Waals surface area contributed by atoms with Gasteiger partial charge < -0.3 is 5.11 Å². The first-order valence-electron chi connectivity index (χ1n) is 9.19. The molecule has 6 nitrogen and oxygen atoms in total. The van der Waals surface area contributed by atoms with Crippen LogP contribution in [-0.4, -0.2) is 49.7 Å². The predicted octanol–water partition coefficient (Wildman–Crippen LogP) is 2.69. The van der Waals surface area contributed by atoms with Crippen molar-refractivity contribution in [3.8, 4) is 0 Å². The Labute approximate surface area is 150 Å². The molecule has 0 amide bonds. The van der Waals surface area contributed by atoms with E-state index in [1.807, 2.05) is 17.1 Å². The summed E-state index contributed by atoms with van der Waals surface area (Å²) in [5, 5.41) is 21.8. The van der Waals surface area contributed by atoms with Gasteiger partial charge in [-0.15, -0.1) is 0 Å². The van der Waals surface area contributed by atoms with Gasteiger partial charge in [-0.25, -0.2) is 0 Å². The summed E-state index contributed by atoms with van der Waals surface area (Å²) >= 11 is 0. The van der Waals surface area contributed by atoms with Crippen molar-refractivity contribution in [3.05, 3.63) is 35.4 Å². The van der Waals surface area contributed by atoms with E-state index in [0.29, 0.717) is 12.0 Å². The van der Waals surface area contributed by atoms with E-state index in [4.69, 9.17) is 0 Å². The molecule has 2 N–H and O–H groups in total. The summed E-state index contributed by atoms with van der Waals surface area (Å²) in [6, 6.07) is 0.360. The largest absolute Gasteiger partial charge is 0.396 e. The van der Waals surface area contributed by atoms with Crippen molar-refractivity contribution in [1.82, 2.24) is 24.9 Å². The second kappa shape index (κ2) is 6.92. The molecule has 3 rings (SSSR count). The van der Waals surface area contributed by atoms with Gasteiger partial charge in [-0.3, -0.25) is 14.7 Å². The number of aromatic nitrogens is 4. The minimum atomic E-state index is 0.0553. The van der Waals surface area contributed by atoms with E-state index < -0.39 is 0 Å². The molecule has 3 heterocycles. The maximum Gasteiger partial charge on any atom is 0.0535 e. The second-order valence-corrected chi connectivity index (χ2v) is 8.61. The summed E-state index contributed by atoms with van der Waals surface area (Å²) in [5.41, 5.74) is 3.74. The van der Waals surface area contributed by atoms with Crippen LogP contribution in [0.25, 0.3) is 0 Å². The molecule has 0 radical (unpaired) electrons. The standard InChI is InChI=1S/C19H31N5O/c1-13(2)24-10-14(7-21-24)17-11-23(9-16(17)12-25)8-15-6-20-22-18(15)19(3,4)5/h6-7,10,13,16-17,25H,8-9,11-12H2,1-5H3,(H,20,22)/t16-,17-/m0/s1. The third-order valence-electron chi connectivity index (χ3n) is 5.19. The van der Waals surface area contributed by atoms with Gasteiger partial charge in [0.1, 0.15) is 0 Å². The van der Waals surface area contributed by atoms with Crippen molar-refractivity contribution in [1.29, 1.82) is 0 Å². The van der Waals surface area contributed by atoms with Gasteiger partial charge in [0, 0.05) is 67.0 Å². The third-order valence-corrected chi connectivity index (χ3v) is 5.19. The summed E-state index contributed by atoms with van der Waals surface area (Å²) in [7, 11) is 0. The van der Waals surface area contributed by atoms with Gasteiger partial charge in [0.05, 0.1) is 12.4 Å². The summed E-state index contributed by atoms with van der Waals surface area (Å²) < 4.78 is 2.00. The Morgan fingerprint density at radius 3 is 2.64 bits per heavy atom. The van der Waals surface area contributed by atoms with Gasteiger partial charge in [0.2, 0.25) is 0 Å². The Balaban J connectivity index is 1.74. The Morgan fingerprint density at radius 1 is 1.28 bits per heavy atom. The van der Waals surface area contributed by atoms with E-state index in [2.05, 4.69) is 61.0 Å². The number of hydrogen-bond donors (Lipinski definition) is 2. The minimum Gasteiger partial charge on any atom is -0.396 e. The van der Waals surface area contributed by atoms with Crippen LogP contribution in [0, 0.1) is 5.92 Å². The molecule has 1 fully saturated rings. The highest BCUT2D eigenvalue weighted by Gasteiger charge is 2.35. The topological polar surface area (TPSA) is 70.0 Å². The van der Waals surface area contributed by atoms with E-state index in [1.54, 1.807) is 0 Å². The molecule has 1 saturated heterocycles. The molecule has 2 aromatic rings. The lowest BCUT2D eigenvalue weighted by atomic mass is 9.89. The van der Waals surface area contributed by atoms with Crippen LogP contribution in [0.15, 0.2) is 18.6 Å². The molecule has 1 aliphatic rings. The first kappa shape index (κ1) is 18.1. The number of aliphatic hydroxyl groups is 1. The number of H-pyrrole nitrogens is 1. The number of rotatable bonds is 5. The molecule has 0 bridgehead atoms. The van der Waals surface area contributed by atoms with Gasteiger partial charge in [0.15, 0.2) is 0 Å². The molecule has 0 aliphatic carbocycles. The van der Waals surface area contributed by atoms with Crippen LogP contribution < -0.4 is 0 Å². The van der Waals surface area contributed by atoms with Crippen molar-refractivity contribution in [2.24, 2.45) is 5.92 Å². The zero-order valence-electron chi connectivity index (χ0n) is 16.0. The Morgan fingerprint density at radius 2 is 2.04 bits per heavy atom. The Hall–Kier alpha value is -1.66. The molecule has 25 heavy (non-hydrogen) atoms. The summed E-state index contributed by atoms with van der Waals surface area (Å²) in [5.74, 6) is 0.595. The van der Waals surface area contributed by atoms with Crippen molar-refractivity contribution >= 4 is 0 Å².